The van der Waals surface area contributed by atoms with Gasteiger partial charge in [-0.05, 0) is 20.8 Å². The van der Waals surface area contributed by atoms with E-state index < -0.39 is 60.6 Å². The third kappa shape index (κ3) is 5.15. The maximum Gasteiger partial charge on any atom is 0.313 e. The van der Waals surface area contributed by atoms with Gasteiger partial charge < -0.3 is 29.2 Å². The summed E-state index contributed by atoms with van der Waals surface area (Å²) in [6, 6.07) is 0. The van der Waals surface area contributed by atoms with Crippen LogP contribution in [-0.2, 0) is 33.3 Å². The fourth-order valence-corrected chi connectivity index (χ4v) is 2.06. The first-order valence-corrected chi connectivity index (χ1v) is 7.47. The van der Waals surface area contributed by atoms with Gasteiger partial charge in [0.2, 0.25) is 12.4 Å². The number of carbonyl (C=O) groups is 3. The molecule has 0 spiro atoms. The van der Waals surface area contributed by atoms with Crippen LogP contribution in [0.25, 0.3) is 0 Å². The molecule has 0 bridgehead atoms. The average molecular weight is 348 g/mol. The van der Waals surface area contributed by atoms with Crippen molar-refractivity contribution < 1.29 is 43.5 Å². The second-order valence-electron chi connectivity index (χ2n) is 6.52. The molecule has 2 N–H and O–H groups in total. The van der Waals surface area contributed by atoms with Gasteiger partial charge in [-0.3, -0.25) is 14.4 Å². The molecule has 0 aromatic rings. The molecule has 1 heterocycles. The second-order valence-corrected chi connectivity index (χ2v) is 6.52. The lowest BCUT2D eigenvalue weighted by Gasteiger charge is -2.42. The Morgan fingerprint density at radius 3 is 1.92 bits per heavy atom. The summed E-state index contributed by atoms with van der Waals surface area (Å²) in [5.74, 6) is -2.14. The number of aliphatic hydroxyl groups is 2. The van der Waals surface area contributed by atoms with Crippen molar-refractivity contribution in [3.05, 3.63) is 0 Å². The van der Waals surface area contributed by atoms with Gasteiger partial charge >= 0.3 is 17.9 Å². The highest BCUT2D eigenvalue weighted by Crippen LogP contribution is 2.29. The predicted molar refractivity (Wildman–Crippen MR) is 78.4 cm³/mol. The van der Waals surface area contributed by atoms with Crippen molar-refractivity contribution >= 4 is 17.9 Å². The molecule has 5 atom stereocenters. The van der Waals surface area contributed by atoms with Crippen molar-refractivity contribution in [1.29, 1.82) is 0 Å². The van der Waals surface area contributed by atoms with Crippen LogP contribution >= 0.6 is 0 Å². The standard InChI is InChI=1S/C15H24O9/c1-7(17)21-11-10(19)9(6-16)23-13(12(11)22-8(2)18)24-14(20)15(3,4)5/h9-13,16,19H,6H2,1-5H3/t9-,10-,11+,12-,13+/m1/s1. The van der Waals surface area contributed by atoms with E-state index in [-0.39, 0.29) is 0 Å². The minimum atomic E-state index is -1.46. The average Bonchev–Trinajstić information content (AvgIpc) is 2.43. The van der Waals surface area contributed by atoms with E-state index in [2.05, 4.69) is 0 Å². The number of esters is 3. The maximum atomic E-state index is 12.1. The highest BCUT2D eigenvalue weighted by Gasteiger charge is 2.51. The molecule has 0 aromatic heterocycles. The third-order valence-corrected chi connectivity index (χ3v) is 3.24. The molecule has 0 unspecified atom stereocenters. The second kappa shape index (κ2) is 7.91. The first-order chi connectivity index (χ1) is 11.0. The monoisotopic (exact) mass is 348 g/mol. The zero-order valence-corrected chi connectivity index (χ0v) is 14.3. The third-order valence-electron chi connectivity index (χ3n) is 3.24. The number of ether oxygens (including phenoxy) is 4. The fourth-order valence-electron chi connectivity index (χ4n) is 2.06. The van der Waals surface area contributed by atoms with E-state index in [0.29, 0.717) is 0 Å². The van der Waals surface area contributed by atoms with E-state index in [4.69, 9.17) is 18.9 Å². The van der Waals surface area contributed by atoms with Gasteiger partial charge in [0.25, 0.3) is 0 Å². The molecule has 1 rings (SSSR count). The van der Waals surface area contributed by atoms with Crippen LogP contribution in [0.4, 0.5) is 0 Å². The smallest absolute Gasteiger partial charge is 0.313 e. The Morgan fingerprint density at radius 2 is 1.50 bits per heavy atom. The van der Waals surface area contributed by atoms with Gasteiger partial charge in [-0.15, -0.1) is 0 Å². The quantitative estimate of drug-likeness (QED) is 0.511. The Kier molecular flexibility index (Phi) is 6.70. The van der Waals surface area contributed by atoms with Crippen molar-refractivity contribution in [2.24, 2.45) is 5.41 Å². The lowest BCUT2D eigenvalue weighted by atomic mass is 9.96. The summed E-state index contributed by atoms with van der Waals surface area (Å²) in [4.78, 5) is 34.7. The fraction of sp³-hybridized carbons (Fsp3) is 0.800. The van der Waals surface area contributed by atoms with Crippen LogP contribution in [0.5, 0.6) is 0 Å². The van der Waals surface area contributed by atoms with Crippen LogP contribution in [0.2, 0.25) is 0 Å². The number of rotatable bonds is 4. The molecule has 1 saturated heterocycles. The summed E-state index contributed by atoms with van der Waals surface area (Å²) in [5, 5.41) is 19.5. The Labute approximate surface area is 139 Å². The van der Waals surface area contributed by atoms with Gasteiger partial charge in [-0.25, -0.2) is 0 Å². The van der Waals surface area contributed by atoms with Crippen LogP contribution in [0.15, 0.2) is 0 Å². The highest BCUT2D eigenvalue weighted by molar-refractivity contribution is 5.75. The molecule has 1 aliphatic rings. The van der Waals surface area contributed by atoms with Crippen LogP contribution < -0.4 is 0 Å². The number of carbonyl (C=O) groups excluding carboxylic acids is 3. The first-order valence-electron chi connectivity index (χ1n) is 7.47. The summed E-state index contributed by atoms with van der Waals surface area (Å²) in [6.07, 6.45) is -6.80. The number of hydrogen-bond acceptors (Lipinski definition) is 9. The van der Waals surface area contributed by atoms with E-state index in [1.165, 1.54) is 0 Å². The summed E-state index contributed by atoms with van der Waals surface area (Å²) < 4.78 is 20.6. The molecule has 24 heavy (non-hydrogen) atoms. The molecular weight excluding hydrogens is 324 g/mol. The number of aliphatic hydroxyl groups excluding tert-OH is 2. The SMILES string of the molecule is CC(=O)O[C@H]1[C@H](OC(=O)C(C)(C)C)O[C@H](CO)[C@@H](O)[C@@H]1OC(C)=O. The zero-order chi connectivity index (χ0) is 18.7. The minimum Gasteiger partial charge on any atom is -0.455 e. The molecule has 9 nitrogen and oxygen atoms in total. The maximum absolute atomic E-state index is 12.1. The van der Waals surface area contributed by atoms with E-state index in [9.17, 15) is 24.6 Å². The van der Waals surface area contributed by atoms with Crippen molar-refractivity contribution in [3.63, 3.8) is 0 Å². The Balaban J connectivity index is 3.12. The molecule has 0 radical (unpaired) electrons. The van der Waals surface area contributed by atoms with Gasteiger partial charge in [-0.2, -0.15) is 0 Å². The molecule has 138 valence electrons. The van der Waals surface area contributed by atoms with Crippen molar-refractivity contribution in [1.82, 2.24) is 0 Å². The summed E-state index contributed by atoms with van der Waals surface area (Å²) in [7, 11) is 0. The summed E-state index contributed by atoms with van der Waals surface area (Å²) >= 11 is 0. The van der Waals surface area contributed by atoms with E-state index in [0.717, 1.165) is 13.8 Å². The highest BCUT2D eigenvalue weighted by atomic mass is 16.7. The van der Waals surface area contributed by atoms with Crippen LogP contribution in [0.3, 0.4) is 0 Å². The molecule has 0 aromatic carbocycles. The molecule has 1 aliphatic heterocycles. The molecular formula is C15H24O9. The Hall–Kier alpha value is -1.71. The van der Waals surface area contributed by atoms with Gasteiger partial charge in [0, 0.05) is 13.8 Å². The van der Waals surface area contributed by atoms with Crippen LogP contribution in [0.1, 0.15) is 34.6 Å². The van der Waals surface area contributed by atoms with Gasteiger partial charge in [-0.1, -0.05) is 0 Å². The van der Waals surface area contributed by atoms with Crippen LogP contribution in [-0.4, -0.2) is 65.4 Å². The van der Waals surface area contributed by atoms with E-state index >= 15 is 0 Å². The van der Waals surface area contributed by atoms with Crippen molar-refractivity contribution in [2.45, 2.75) is 65.3 Å². The lowest BCUT2D eigenvalue weighted by molar-refractivity contribution is -0.300. The zero-order valence-electron chi connectivity index (χ0n) is 14.3. The lowest BCUT2D eigenvalue weighted by Crippen LogP contribution is -2.62. The largest absolute Gasteiger partial charge is 0.455 e. The first kappa shape index (κ1) is 20.3. The van der Waals surface area contributed by atoms with Crippen molar-refractivity contribution in [2.75, 3.05) is 6.61 Å². The summed E-state index contributed by atoms with van der Waals surface area (Å²) in [5.41, 5.74) is -0.869. The van der Waals surface area contributed by atoms with Crippen LogP contribution in [0, 0.1) is 5.41 Å². The van der Waals surface area contributed by atoms with Crippen molar-refractivity contribution in [3.8, 4) is 0 Å². The number of hydrogen-bond donors (Lipinski definition) is 2. The molecule has 1 fully saturated rings. The van der Waals surface area contributed by atoms with E-state index in [1.807, 2.05) is 0 Å². The van der Waals surface area contributed by atoms with E-state index in [1.54, 1.807) is 20.8 Å². The molecule has 0 amide bonds. The molecule has 0 saturated carbocycles. The minimum absolute atomic E-state index is 0.616. The normalized spacial score (nSPS) is 30.4. The molecule has 0 aliphatic carbocycles. The predicted octanol–water partition coefficient (Wildman–Crippen LogP) is -0.483. The van der Waals surface area contributed by atoms with Gasteiger partial charge in [0.1, 0.15) is 12.2 Å². The van der Waals surface area contributed by atoms with Gasteiger partial charge in [0.05, 0.1) is 12.0 Å². The Morgan fingerprint density at radius 1 is 1.00 bits per heavy atom. The van der Waals surface area contributed by atoms with Gasteiger partial charge in [0.15, 0.2) is 6.10 Å². The topological polar surface area (TPSA) is 129 Å². The summed E-state index contributed by atoms with van der Waals surface area (Å²) in [6.45, 7) is 6.44. The Bertz CT molecular complexity index is 482. The molecule has 9 heteroatoms.